The van der Waals surface area contributed by atoms with E-state index in [0.717, 1.165) is 61.0 Å². The van der Waals surface area contributed by atoms with Crippen LogP contribution in [0.2, 0.25) is 0 Å². The average molecular weight is 312 g/mol. The fourth-order valence-electron chi connectivity index (χ4n) is 3.24. The van der Waals surface area contributed by atoms with Crippen LogP contribution in [0.3, 0.4) is 0 Å². The standard InChI is InChI=1S/C15H20N8/c1-2-12-18-19-13-3-4-14(21-23(12)13)22-7-5-10(6-8-22)15-11(16)9-17-20-15/h3-4,9-10H,2,5-8,16H2,1H3,(H,17,20). The number of fused-ring (bicyclic) bond motifs is 1. The van der Waals surface area contributed by atoms with Gasteiger partial charge in [-0.3, -0.25) is 5.10 Å². The second-order valence-corrected chi connectivity index (χ2v) is 5.93. The summed E-state index contributed by atoms with van der Waals surface area (Å²) < 4.78 is 1.84. The Hall–Kier alpha value is -2.64. The molecule has 8 heteroatoms. The molecule has 1 aliphatic rings. The number of nitrogen functional groups attached to an aromatic ring is 1. The second kappa shape index (κ2) is 5.53. The molecule has 0 amide bonds. The monoisotopic (exact) mass is 312 g/mol. The van der Waals surface area contributed by atoms with Gasteiger partial charge in [-0.2, -0.15) is 9.61 Å². The van der Waals surface area contributed by atoms with Crippen LogP contribution in [0.4, 0.5) is 11.5 Å². The van der Waals surface area contributed by atoms with Crippen molar-refractivity contribution < 1.29 is 0 Å². The summed E-state index contributed by atoms with van der Waals surface area (Å²) in [5.41, 5.74) is 8.59. The first-order valence-electron chi connectivity index (χ1n) is 8.01. The highest BCUT2D eigenvalue weighted by Gasteiger charge is 2.24. The molecule has 0 unspecified atom stereocenters. The summed E-state index contributed by atoms with van der Waals surface area (Å²) in [5, 5.41) is 20.1. The molecule has 1 saturated heterocycles. The van der Waals surface area contributed by atoms with E-state index in [9.17, 15) is 0 Å². The molecule has 8 nitrogen and oxygen atoms in total. The zero-order valence-electron chi connectivity index (χ0n) is 13.1. The van der Waals surface area contributed by atoms with Crippen LogP contribution in [0.5, 0.6) is 0 Å². The third kappa shape index (κ3) is 2.39. The first-order chi connectivity index (χ1) is 11.3. The summed E-state index contributed by atoms with van der Waals surface area (Å²) >= 11 is 0. The number of aryl methyl sites for hydroxylation is 1. The second-order valence-electron chi connectivity index (χ2n) is 5.93. The highest BCUT2D eigenvalue weighted by atomic mass is 15.4. The molecule has 1 aliphatic heterocycles. The van der Waals surface area contributed by atoms with E-state index in [0.29, 0.717) is 5.92 Å². The molecule has 0 aromatic carbocycles. The van der Waals surface area contributed by atoms with Gasteiger partial charge in [0, 0.05) is 25.4 Å². The number of H-pyrrole nitrogens is 1. The lowest BCUT2D eigenvalue weighted by molar-refractivity contribution is 0.492. The summed E-state index contributed by atoms with van der Waals surface area (Å²) in [7, 11) is 0. The Bertz CT molecular complexity index is 812. The SMILES string of the molecule is CCc1nnc2ccc(N3CCC(c4[nH]ncc4N)CC3)nn12. The number of aromatic nitrogens is 6. The lowest BCUT2D eigenvalue weighted by Crippen LogP contribution is -2.34. The molecule has 0 bridgehead atoms. The van der Waals surface area contributed by atoms with Gasteiger partial charge < -0.3 is 10.6 Å². The minimum Gasteiger partial charge on any atom is -0.396 e. The summed E-state index contributed by atoms with van der Waals surface area (Å²) in [6.07, 6.45) is 4.58. The van der Waals surface area contributed by atoms with Crippen molar-refractivity contribution in [1.29, 1.82) is 0 Å². The summed E-state index contributed by atoms with van der Waals surface area (Å²) in [6.45, 7) is 3.96. The van der Waals surface area contributed by atoms with Gasteiger partial charge in [-0.05, 0) is 25.0 Å². The Labute approximate surface area is 133 Å². The Morgan fingerprint density at radius 2 is 2.09 bits per heavy atom. The maximum atomic E-state index is 5.96. The highest BCUT2D eigenvalue weighted by Crippen LogP contribution is 2.31. The van der Waals surface area contributed by atoms with Crippen molar-refractivity contribution in [2.75, 3.05) is 23.7 Å². The molecule has 0 aliphatic carbocycles. The molecule has 4 heterocycles. The number of nitrogens with two attached hydrogens (primary N) is 1. The van der Waals surface area contributed by atoms with Gasteiger partial charge in [-0.1, -0.05) is 6.92 Å². The number of nitrogens with zero attached hydrogens (tertiary/aromatic N) is 6. The molecule has 0 atom stereocenters. The highest BCUT2D eigenvalue weighted by molar-refractivity contribution is 5.47. The van der Waals surface area contributed by atoms with E-state index < -0.39 is 0 Å². The van der Waals surface area contributed by atoms with Gasteiger partial charge in [-0.25, -0.2) is 0 Å². The minimum atomic E-state index is 0.443. The van der Waals surface area contributed by atoms with Crippen molar-refractivity contribution >= 4 is 17.2 Å². The van der Waals surface area contributed by atoms with E-state index >= 15 is 0 Å². The minimum absolute atomic E-state index is 0.443. The van der Waals surface area contributed by atoms with Crippen molar-refractivity contribution in [3.05, 3.63) is 29.8 Å². The summed E-state index contributed by atoms with van der Waals surface area (Å²) in [6, 6.07) is 4.00. The first kappa shape index (κ1) is 14.0. The van der Waals surface area contributed by atoms with Gasteiger partial charge in [0.2, 0.25) is 0 Å². The van der Waals surface area contributed by atoms with Crippen molar-refractivity contribution in [3.8, 4) is 0 Å². The molecular weight excluding hydrogens is 292 g/mol. The van der Waals surface area contributed by atoms with Gasteiger partial charge in [-0.15, -0.1) is 15.3 Å². The fourth-order valence-corrected chi connectivity index (χ4v) is 3.24. The van der Waals surface area contributed by atoms with Crippen molar-refractivity contribution in [1.82, 2.24) is 30.0 Å². The first-order valence-corrected chi connectivity index (χ1v) is 8.01. The third-order valence-electron chi connectivity index (χ3n) is 4.56. The molecule has 3 aromatic heterocycles. The number of piperidine rings is 1. The van der Waals surface area contributed by atoms with Crippen LogP contribution < -0.4 is 10.6 Å². The predicted molar refractivity (Wildman–Crippen MR) is 87.3 cm³/mol. The van der Waals surface area contributed by atoms with E-state index in [-0.39, 0.29) is 0 Å². The van der Waals surface area contributed by atoms with E-state index in [2.05, 4.69) is 32.2 Å². The quantitative estimate of drug-likeness (QED) is 0.757. The smallest absolute Gasteiger partial charge is 0.178 e. The molecule has 0 radical (unpaired) electrons. The van der Waals surface area contributed by atoms with Crippen LogP contribution in [0, 0.1) is 0 Å². The number of hydrogen-bond acceptors (Lipinski definition) is 6. The van der Waals surface area contributed by atoms with Gasteiger partial charge in [0.1, 0.15) is 5.82 Å². The molecule has 4 rings (SSSR count). The number of aromatic amines is 1. The Morgan fingerprint density at radius 3 is 2.78 bits per heavy atom. The lowest BCUT2D eigenvalue weighted by atomic mass is 9.93. The zero-order chi connectivity index (χ0) is 15.8. The Kier molecular flexibility index (Phi) is 3.36. The molecule has 1 fully saturated rings. The topological polar surface area (TPSA) is 101 Å². The molecule has 120 valence electrons. The number of rotatable bonds is 3. The van der Waals surface area contributed by atoms with Crippen LogP contribution in [0.15, 0.2) is 18.3 Å². The predicted octanol–water partition coefficient (Wildman–Crippen LogP) is 1.38. The van der Waals surface area contributed by atoms with E-state index in [4.69, 9.17) is 10.8 Å². The fraction of sp³-hybridized carbons (Fsp3) is 0.467. The maximum absolute atomic E-state index is 5.96. The molecule has 3 N–H and O–H groups in total. The molecule has 0 saturated carbocycles. The normalized spacial score (nSPS) is 16.3. The number of anilines is 2. The van der Waals surface area contributed by atoms with Gasteiger partial charge in [0.25, 0.3) is 0 Å². The van der Waals surface area contributed by atoms with Crippen LogP contribution in [-0.2, 0) is 6.42 Å². The van der Waals surface area contributed by atoms with E-state index in [1.165, 1.54) is 0 Å². The third-order valence-corrected chi connectivity index (χ3v) is 4.56. The van der Waals surface area contributed by atoms with Gasteiger partial charge >= 0.3 is 0 Å². The Balaban J connectivity index is 1.53. The molecule has 23 heavy (non-hydrogen) atoms. The summed E-state index contributed by atoms with van der Waals surface area (Å²) in [5.74, 6) is 2.31. The molecule has 0 spiro atoms. The van der Waals surface area contributed by atoms with Crippen LogP contribution in [-0.4, -0.2) is 43.1 Å². The maximum Gasteiger partial charge on any atom is 0.178 e. The van der Waals surface area contributed by atoms with Gasteiger partial charge in [0.15, 0.2) is 11.5 Å². The van der Waals surface area contributed by atoms with Crippen molar-refractivity contribution in [2.24, 2.45) is 0 Å². The number of hydrogen-bond donors (Lipinski definition) is 2. The van der Waals surface area contributed by atoms with Crippen LogP contribution in [0.25, 0.3) is 5.65 Å². The van der Waals surface area contributed by atoms with E-state index in [1.807, 2.05) is 16.6 Å². The Morgan fingerprint density at radius 1 is 1.26 bits per heavy atom. The molecule has 3 aromatic rings. The van der Waals surface area contributed by atoms with Crippen LogP contribution >= 0.6 is 0 Å². The van der Waals surface area contributed by atoms with Crippen LogP contribution in [0.1, 0.15) is 37.2 Å². The summed E-state index contributed by atoms with van der Waals surface area (Å²) in [4.78, 5) is 2.31. The molecular formula is C15H20N8. The number of nitrogens with one attached hydrogen (secondary N) is 1. The van der Waals surface area contributed by atoms with Crippen molar-refractivity contribution in [3.63, 3.8) is 0 Å². The average Bonchev–Trinajstić information content (AvgIpc) is 3.20. The lowest BCUT2D eigenvalue weighted by Gasteiger charge is -2.32. The van der Waals surface area contributed by atoms with Gasteiger partial charge in [0.05, 0.1) is 17.6 Å². The van der Waals surface area contributed by atoms with Crippen molar-refractivity contribution in [2.45, 2.75) is 32.1 Å². The largest absolute Gasteiger partial charge is 0.396 e. The van der Waals surface area contributed by atoms with E-state index in [1.54, 1.807) is 6.20 Å². The zero-order valence-corrected chi connectivity index (χ0v) is 13.1.